The molecule has 0 atom stereocenters. The summed E-state index contributed by atoms with van der Waals surface area (Å²) in [5, 5.41) is 8.70. The molecule has 9 nitrogen and oxygen atoms in total. The molecule has 0 radical (unpaired) electrons. The Kier molecular flexibility index (Phi) is 4.29. The molecule has 9 heteroatoms. The Hall–Kier alpha value is -3.36. The summed E-state index contributed by atoms with van der Waals surface area (Å²) >= 11 is 0. The molecule has 0 aliphatic heterocycles. The number of aryl methyl sites for hydroxylation is 2. The lowest BCUT2D eigenvalue weighted by molar-refractivity contribution is 0.415. The summed E-state index contributed by atoms with van der Waals surface area (Å²) in [4.78, 5) is 25.5. The first-order valence-corrected chi connectivity index (χ1v) is 9.17. The average Bonchev–Trinajstić information content (AvgIpc) is 3.27. The zero-order valence-corrected chi connectivity index (χ0v) is 16.3. The maximum Gasteiger partial charge on any atom is 0.332 e. The lowest BCUT2D eigenvalue weighted by Gasteiger charge is -2.07. The SMILES string of the molecule is CCCCn1c2c(=O)n(C)c(=O)n(C)c2n2c(-c3ccc(OC)cc3)nnc12. The van der Waals surface area contributed by atoms with Gasteiger partial charge in [0.1, 0.15) is 5.75 Å². The third kappa shape index (κ3) is 2.46. The minimum atomic E-state index is -0.388. The van der Waals surface area contributed by atoms with Gasteiger partial charge < -0.3 is 9.30 Å². The lowest BCUT2D eigenvalue weighted by atomic mass is 10.2. The summed E-state index contributed by atoms with van der Waals surface area (Å²) in [5.74, 6) is 1.85. The van der Waals surface area contributed by atoms with Crippen LogP contribution in [-0.4, -0.2) is 35.4 Å². The highest BCUT2D eigenvalue weighted by molar-refractivity contribution is 5.79. The summed E-state index contributed by atoms with van der Waals surface area (Å²) < 4.78 is 11.5. The van der Waals surface area contributed by atoms with E-state index in [2.05, 4.69) is 17.1 Å². The Balaban J connectivity index is 2.13. The summed E-state index contributed by atoms with van der Waals surface area (Å²) in [7, 11) is 4.76. The average molecular weight is 382 g/mol. The first-order valence-electron chi connectivity index (χ1n) is 9.17. The van der Waals surface area contributed by atoms with Gasteiger partial charge in [-0.25, -0.2) is 9.20 Å². The molecular weight excluding hydrogens is 360 g/mol. The number of fused-ring (bicyclic) bond motifs is 3. The third-order valence-corrected chi connectivity index (χ3v) is 5.06. The molecule has 0 fully saturated rings. The molecule has 0 unspecified atom stereocenters. The number of unbranched alkanes of at least 4 members (excludes halogenated alkanes) is 1. The van der Waals surface area contributed by atoms with Crippen LogP contribution in [-0.2, 0) is 20.6 Å². The van der Waals surface area contributed by atoms with Crippen LogP contribution in [0.5, 0.6) is 5.75 Å². The van der Waals surface area contributed by atoms with E-state index in [9.17, 15) is 9.59 Å². The topological polar surface area (TPSA) is 88.4 Å². The number of benzene rings is 1. The van der Waals surface area contributed by atoms with E-state index in [1.165, 1.54) is 11.6 Å². The fourth-order valence-electron chi connectivity index (χ4n) is 3.51. The van der Waals surface area contributed by atoms with Crippen LogP contribution in [0.2, 0.25) is 0 Å². The lowest BCUT2D eigenvalue weighted by Crippen LogP contribution is -2.37. The molecule has 4 rings (SSSR count). The van der Waals surface area contributed by atoms with Crippen LogP contribution in [0, 0.1) is 0 Å². The fraction of sp³-hybridized carbons (Fsp3) is 0.368. The highest BCUT2D eigenvalue weighted by atomic mass is 16.5. The summed E-state index contributed by atoms with van der Waals surface area (Å²) in [5.41, 5.74) is 1.05. The minimum Gasteiger partial charge on any atom is -0.497 e. The molecule has 0 aliphatic rings. The number of hydrogen-bond donors (Lipinski definition) is 0. The van der Waals surface area contributed by atoms with Crippen molar-refractivity contribution < 1.29 is 4.74 Å². The number of ether oxygens (including phenoxy) is 1. The molecule has 0 aliphatic carbocycles. The molecule has 146 valence electrons. The van der Waals surface area contributed by atoms with E-state index in [4.69, 9.17) is 4.74 Å². The van der Waals surface area contributed by atoms with E-state index in [-0.39, 0.29) is 11.2 Å². The molecule has 0 spiro atoms. The maximum atomic E-state index is 12.9. The number of imidazole rings is 1. The van der Waals surface area contributed by atoms with Crippen LogP contribution in [0.3, 0.4) is 0 Å². The van der Waals surface area contributed by atoms with E-state index in [1.54, 1.807) is 18.6 Å². The van der Waals surface area contributed by atoms with Gasteiger partial charge in [-0.1, -0.05) is 13.3 Å². The van der Waals surface area contributed by atoms with Crippen molar-refractivity contribution in [2.75, 3.05) is 7.11 Å². The largest absolute Gasteiger partial charge is 0.497 e. The monoisotopic (exact) mass is 382 g/mol. The number of rotatable bonds is 5. The van der Waals surface area contributed by atoms with Crippen molar-refractivity contribution in [3.63, 3.8) is 0 Å². The van der Waals surface area contributed by atoms with Gasteiger partial charge in [-0.2, -0.15) is 0 Å². The molecule has 3 aromatic heterocycles. The molecule has 0 saturated carbocycles. The van der Waals surface area contributed by atoms with Gasteiger partial charge in [0.05, 0.1) is 7.11 Å². The Morgan fingerprint density at radius 3 is 2.39 bits per heavy atom. The minimum absolute atomic E-state index is 0.333. The van der Waals surface area contributed by atoms with E-state index >= 15 is 0 Å². The molecule has 0 bridgehead atoms. The van der Waals surface area contributed by atoms with Crippen molar-refractivity contribution in [1.82, 2.24) is 28.3 Å². The number of methoxy groups -OCH3 is 1. The zero-order valence-electron chi connectivity index (χ0n) is 16.3. The third-order valence-electron chi connectivity index (χ3n) is 5.06. The van der Waals surface area contributed by atoms with Crippen molar-refractivity contribution in [2.24, 2.45) is 14.1 Å². The second kappa shape index (κ2) is 6.66. The van der Waals surface area contributed by atoms with Gasteiger partial charge in [-0.15, -0.1) is 10.2 Å². The maximum absolute atomic E-state index is 12.9. The van der Waals surface area contributed by atoms with Gasteiger partial charge in [0, 0.05) is 26.2 Å². The molecular formula is C19H22N6O3. The summed E-state index contributed by atoms with van der Waals surface area (Å²) in [6.45, 7) is 2.71. The Morgan fingerprint density at radius 2 is 1.75 bits per heavy atom. The molecule has 1 aromatic carbocycles. The highest BCUT2D eigenvalue weighted by Crippen LogP contribution is 2.26. The molecule has 0 saturated heterocycles. The summed E-state index contributed by atoms with van der Waals surface area (Å²) in [6.07, 6.45) is 1.85. The number of nitrogens with zero attached hydrogens (tertiary/aromatic N) is 6. The van der Waals surface area contributed by atoms with E-state index < -0.39 is 0 Å². The number of hydrogen-bond acceptors (Lipinski definition) is 5. The standard InChI is InChI=1S/C19H22N6O3/c1-5-6-11-24-14-16(22(2)19(27)23(3)17(14)26)25-15(20-21-18(24)25)12-7-9-13(28-4)10-8-12/h7-10H,5-6,11H2,1-4H3. The van der Waals surface area contributed by atoms with Gasteiger partial charge in [-0.3, -0.25) is 13.9 Å². The van der Waals surface area contributed by atoms with Gasteiger partial charge in [0.25, 0.3) is 5.56 Å². The van der Waals surface area contributed by atoms with Crippen molar-refractivity contribution in [3.05, 3.63) is 45.1 Å². The molecule has 0 amide bonds. The van der Waals surface area contributed by atoms with Gasteiger partial charge in [-0.05, 0) is 30.7 Å². The van der Waals surface area contributed by atoms with Gasteiger partial charge in [0.15, 0.2) is 17.0 Å². The quantitative estimate of drug-likeness (QED) is 0.523. The first-order chi connectivity index (χ1) is 13.5. The van der Waals surface area contributed by atoms with Crippen LogP contribution >= 0.6 is 0 Å². The van der Waals surface area contributed by atoms with Crippen LogP contribution in [0.4, 0.5) is 0 Å². The predicted molar refractivity (Wildman–Crippen MR) is 106 cm³/mol. The van der Waals surface area contributed by atoms with Crippen LogP contribution in [0.25, 0.3) is 28.3 Å². The molecule has 4 aromatic rings. The smallest absolute Gasteiger partial charge is 0.332 e. The van der Waals surface area contributed by atoms with Crippen LogP contribution in [0.15, 0.2) is 33.9 Å². The Bertz CT molecular complexity index is 1290. The van der Waals surface area contributed by atoms with E-state index in [0.29, 0.717) is 29.3 Å². The summed E-state index contributed by atoms with van der Waals surface area (Å²) in [6, 6.07) is 7.43. The van der Waals surface area contributed by atoms with Gasteiger partial charge in [0.2, 0.25) is 5.78 Å². The van der Waals surface area contributed by atoms with Gasteiger partial charge >= 0.3 is 5.69 Å². The Labute approximate surface area is 160 Å². The Morgan fingerprint density at radius 1 is 1.04 bits per heavy atom. The van der Waals surface area contributed by atoms with Crippen molar-refractivity contribution in [2.45, 2.75) is 26.3 Å². The van der Waals surface area contributed by atoms with Crippen LogP contribution < -0.4 is 16.0 Å². The van der Waals surface area contributed by atoms with Crippen molar-refractivity contribution in [1.29, 1.82) is 0 Å². The van der Waals surface area contributed by atoms with Crippen molar-refractivity contribution >= 4 is 16.9 Å². The highest BCUT2D eigenvalue weighted by Gasteiger charge is 2.23. The normalized spacial score (nSPS) is 11.6. The fourth-order valence-corrected chi connectivity index (χ4v) is 3.51. The van der Waals surface area contributed by atoms with E-state index in [0.717, 1.165) is 28.7 Å². The van der Waals surface area contributed by atoms with Crippen molar-refractivity contribution in [3.8, 4) is 17.1 Å². The number of aromatic nitrogens is 6. The van der Waals surface area contributed by atoms with Crippen LogP contribution in [0.1, 0.15) is 19.8 Å². The molecule has 3 heterocycles. The molecule has 28 heavy (non-hydrogen) atoms. The molecule has 0 N–H and O–H groups in total. The second-order valence-corrected chi connectivity index (χ2v) is 6.77. The second-order valence-electron chi connectivity index (χ2n) is 6.77. The zero-order chi connectivity index (χ0) is 20.0. The van der Waals surface area contributed by atoms with E-state index in [1.807, 2.05) is 28.8 Å². The predicted octanol–water partition coefficient (Wildman–Crippen LogP) is 1.56. The first kappa shape index (κ1) is 18.0.